The first-order chi connectivity index (χ1) is 9.49. The molecule has 1 aliphatic carbocycles. The maximum Gasteiger partial charge on any atom is 0.164 e. The van der Waals surface area contributed by atoms with Gasteiger partial charge in [0.1, 0.15) is 11.6 Å². The van der Waals surface area contributed by atoms with Gasteiger partial charge in [-0.25, -0.2) is 8.78 Å². The van der Waals surface area contributed by atoms with Crippen LogP contribution in [0, 0.1) is 18.6 Å². The number of nitrogens with zero attached hydrogens (tertiary/aromatic N) is 1. The highest BCUT2D eigenvalue weighted by Gasteiger charge is 2.24. The molecule has 5 heteroatoms. The van der Waals surface area contributed by atoms with Crippen molar-refractivity contribution in [3.63, 3.8) is 0 Å². The predicted molar refractivity (Wildman–Crippen MR) is 75.4 cm³/mol. The molecule has 0 radical (unpaired) electrons. The van der Waals surface area contributed by atoms with Gasteiger partial charge in [0.25, 0.3) is 0 Å². The van der Waals surface area contributed by atoms with E-state index in [0.717, 1.165) is 29.9 Å². The fourth-order valence-electron chi connectivity index (χ4n) is 2.75. The lowest BCUT2D eigenvalue weighted by molar-refractivity contribution is 0.0972. The number of carbonyl (C=O) groups is 1. The van der Waals surface area contributed by atoms with Crippen molar-refractivity contribution in [3.8, 4) is 5.69 Å². The number of rotatable bonds is 1. The first-order valence-electron chi connectivity index (χ1n) is 6.38. The van der Waals surface area contributed by atoms with E-state index in [2.05, 4.69) is 15.9 Å². The van der Waals surface area contributed by atoms with Crippen molar-refractivity contribution in [1.82, 2.24) is 4.57 Å². The summed E-state index contributed by atoms with van der Waals surface area (Å²) in [5.41, 5.74) is 2.31. The van der Waals surface area contributed by atoms with Crippen molar-refractivity contribution < 1.29 is 13.6 Å². The van der Waals surface area contributed by atoms with Gasteiger partial charge in [-0.05, 0) is 47.8 Å². The van der Waals surface area contributed by atoms with Gasteiger partial charge in [-0.2, -0.15) is 0 Å². The van der Waals surface area contributed by atoms with Gasteiger partial charge in [0.05, 0.1) is 10.2 Å². The summed E-state index contributed by atoms with van der Waals surface area (Å²) in [5, 5.41) is 0. The fourth-order valence-corrected chi connectivity index (χ4v) is 3.06. The molecule has 2 aromatic rings. The second-order valence-corrected chi connectivity index (χ2v) is 5.83. The molecule has 1 aromatic carbocycles. The van der Waals surface area contributed by atoms with Crippen LogP contribution in [-0.2, 0) is 6.42 Å². The molecule has 1 aromatic heterocycles. The number of hydrogen-bond donors (Lipinski definition) is 0. The summed E-state index contributed by atoms with van der Waals surface area (Å²) in [6.07, 6.45) is 1.97. The van der Waals surface area contributed by atoms with E-state index in [1.165, 1.54) is 0 Å². The van der Waals surface area contributed by atoms with Gasteiger partial charge >= 0.3 is 0 Å². The van der Waals surface area contributed by atoms with Crippen molar-refractivity contribution >= 4 is 21.7 Å². The average Bonchev–Trinajstić information content (AvgIpc) is 2.72. The number of halogens is 3. The number of hydrogen-bond acceptors (Lipinski definition) is 1. The van der Waals surface area contributed by atoms with Crippen molar-refractivity contribution in [2.45, 2.75) is 26.2 Å². The van der Waals surface area contributed by atoms with Gasteiger partial charge in [0, 0.05) is 29.4 Å². The van der Waals surface area contributed by atoms with Crippen molar-refractivity contribution in [1.29, 1.82) is 0 Å². The minimum atomic E-state index is -0.523. The molecule has 1 aliphatic rings. The van der Waals surface area contributed by atoms with Gasteiger partial charge in [0.15, 0.2) is 5.78 Å². The molecule has 0 aliphatic heterocycles. The van der Waals surface area contributed by atoms with Crippen LogP contribution in [0.25, 0.3) is 5.69 Å². The van der Waals surface area contributed by atoms with E-state index < -0.39 is 11.6 Å². The number of fused-ring (bicyclic) bond motifs is 1. The lowest BCUT2D eigenvalue weighted by atomic mass is 9.96. The second kappa shape index (κ2) is 4.81. The van der Waals surface area contributed by atoms with E-state index in [-0.39, 0.29) is 15.9 Å². The Morgan fingerprint density at radius 3 is 2.65 bits per heavy atom. The van der Waals surface area contributed by atoms with Crippen LogP contribution in [0.1, 0.15) is 34.6 Å². The quantitative estimate of drug-likeness (QED) is 0.708. The van der Waals surface area contributed by atoms with Crippen LogP contribution in [0.4, 0.5) is 8.78 Å². The zero-order valence-electron chi connectivity index (χ0n) is 10.8. The third kappa shape index (κ3) is 2.00. The van der Waals surface area contributed by atoms with Gasteiger partial charge in [-0.15, -0.1) is 0 Å². The molecule has 0 N–H and O–H groups in total. The molecule has 0 amide bonds. The Hall–Kier alpha value is -1.49. The smallest absolute Gasteiger partial charge is 0.164 e. The monoisotopic (exact) mass is 339 g/mol. The molecule has 0 saturated carbocycles. The van der Waals surface area contributed by atoms with Crippen molar-refractivity contribution in [2.75, 3.05) is 0 Å². The summed E-state index contributed by atoms with van der Waals surface area (Å²) >= 11 is 2.97. The Bertz CT molecular complexity index is 721. The van der Waals surface area contributed by atoms with Crippen LogP contribution in [-0.4, -0.2) is 10.4 Å². The van der Waals surface area contributed by atoms with Crippen molar-refractivity contribution in [3.05, 3.63) is 51.3 Å². The predicted octanol–water partition coefficient (Wildman–Crippen LogP) is 4.35. The Labute approximate surface area is 123 Å². The molecule has 0 bridgehead atoms. The lowest BCUT2D eigenvalue weighted by Gasteiger charge is -2.17. The van der Waals surface area contributed by atoms with Crippen LogP contribution < -0.4 is 0 Å². The Morgan fingerprint density at radius 2 is 1.90 bits per heavy atom. The SMILES string of the molecule is Cc1cc2c(n1-c1cc(F)c(Br)cc1F)CCCC2=O. The van der Waals surface area contributed by atoms with Crippen LogP contribution in [0.3, 0.4) is 0 Å². The fraction of sp³-hybridized carbons (Fsp3) is 0.267. The standard InChI is InChI=1S/C15H12BrF2NO/c1-8-5-9-13(3-2-4-15(9)20)19(8)14-7-11(17)10(16)6-12(14)18/h5-7H,2-4H2,1H3. The summed E-state index contributed by atoms with van der Waals surface area (Å²) in [4.78, 5) is 11.9. The molecule has 20 heavy (non-hydrogen) atoms. The third-order valence-corrected chi connectivity index (χ3v) is 4.24. The van der Waals surface area contributed by atoms with E-state index in [9.17, 15) is 13.6 Å². The Morgan fingerprint density at radius 1 is 1.15 bits per heavy atom. The normalized spacial score (nSPS) is 14.5. The second-order valence-electron chi connectivity index (χ2n) is 4.98. The van der Waals surface area contributed by atoms with Crippen LogP contribution in [0.2, 0.25) is 0 Å². The molecule has 104 valence electrons. The summed E-state index contributed by atoms with van der Waals surface area (Å²) in [6.45, 7) is 1.80. The van der Waals surface area contributed by atoms with Crippen LogP contribution in [0.5, 0.6) is 0 Å². The van der Waals surface area contributed by atoms with Crippen LogP contribution in [0.15, 0.2) is 22.7 Å². The van der Waals surface area contributed by atoms with Gasteiger partial charge in [-0.1, -0.05) is 0 Å². The molecule has 0 atom stereocenters. The number of carbonyl (C=O) groups excluding carboxylic acids is 1. The molecule has 0 spiro atoms. The van der Waals surface area contributed by atoms with Crippen molar-refractivity contribution in [2.24, 2.45) is 0 Å². The minimum absolute atomic E-state index is 0.0751. The van der Waals surface area contributed by atoms with Crippen LogP contribution >= 0.6 is 15.9 Å². The first-order valence-corrected chi connectivity index (χ1v) is 7.17. The summed E-state index contributed by atoms with van der Waals surface area (Å²) < 4.78 is 29.6. The third-order valence-electron chi connectivity index (χ3n) is 3.64. The Balaban J connectivity index is 2.26. The van der Waals surface area contributed by atoms with Gasteiger partial charge < -0.3 is 4.57 Å². The minimum Gasteiger partial charge on any atom is -0.315 e. The molecular formula is C15H12BrF2NO. The van der Waals surface area contributed by atoms with E-state index >= 15 is 0 Å². The average molecular weight is 340 g/mol. The van der Waals surface area contributed by atoms with Gasteiger partial charge in [0.2, 0.25) is 0 Å². The molecule has 0 fully saturated rings. The van der Waals surface area contributed by atoms with Gasteiger partial charge in [-0.3, -0.25) is 4.79 Å². The maximum absolute atomic E-state index is 14.1. The molecule has 2 nitrogen and oxygen atoms in total. The number of ketones is 1. The van der Waals surface area contributed by atoms with E-state index in [1.807, 2.05) is 0 Å². The molecule has 0 saturated heterocycles. The lowest BCUT2D eigenvalue weighted by Crippen LogP contribution is -2.13. The number of aromatic nitrogens is 1. The summed E-state index contributed by atoms with van der Waals surface area (Å²) in [5.74, 6) is -0.964. The Kier molecular flexibility index (Phi) is 3.24. The summed E-state index contributed by atoms with van der Waals surface area (Å²) in [7, 11) is 0. The zero-order chi connectivity index (χ0) is 14.4. The number of Topliss-reactive ketones (excluding diaryl/α,β-unsaturated/α-hetero) is 1. The topological polar surface area (TPSA) is 22.0 Å². The number of aryl methyl sites for hydroxylation is 1. The number of benzene rings is 1. The molecular weight excluding hydrogens is 328 g/mol. The zero-order valence-corrected chi connectivity index (χ0v) is 12.4. The van der Waals surface area contributed by atoms with E-state index in [4.69, 9.17) is 0 Å². The van der Waals surface area contributed by atoms with E-state index in [0.29, 0.717) is 18.4 Å². The summed E-state index contributed by atoms with van der Waals surface area (Å²) in [6, 6.07) is 4.03. The molecule has 1 heterocycles. The molecule has 3 rings (SSSR count). The first kappa shape index (κ1) is 13.5. The highest BCUT2D eigenvalue weighted by molar-refractivity contribution is 9.10. The highest BCUT2D eigenvalue weighted by Crippen LogP contribution is 2.30. The highest BCUT2D eigenvalue weighted by atomic mass is 79.9. The maximum atomic E-state index is 14.1. The molecule has 0 unspecified atom stereocenters. The largest absolute Gasteiger partial charge is 0.315 e. The van der Waals surface area contributed by atoms with E-state index in [1.54, 1.807) is 17.6 Å².